The third-order valence-corrected chi connectivity index (χ3v) is 4.49. The van der Waals surface area contributed by atoms with Crippen molar-refractivity contribution in [3.8, 4) is 5.75 Å². The Morgan fingerprint density at radius 2 is 1.89 bits per heavy atom. The maximum atomic E-state index is 12.1. The fraction of sp³-hybridized carbons (Fsp3) is 0.286. The minimum atomic E-state index is -0.970. The molecule has 2 aromatic carbocycles. The molecule has 1 aliphatic heterocycles. The summed E-state index contributed by atoms with van der Waals surface area (Å²) in [6.07, 6.45) is 1.66. The van der Waals surface area contributed by atoms with Gasteiger partial charge in [-0.05, 0) is 54.4 Å². The second-order valence-corrected chi connectivity index (χ2v) is 6.36. The Labute approximate surface area is 163 Å². The topological polar surface area (TPSA) is 88.4 Å². The number of nitrogens with zero attached hydrogens (tertiary/aromatic N) is 2. The number of carbonyl (C=O) groups excluding carboxylic acids is 1. The number of morpholine rings is 1. The van der Waals surface area contributed by atoms with Gasteiger partial charge in [0.05, 0.1) is 24.5 Å². The summed E-state index contributed by atoms with van der Waals surface area (Å²) in [5.41, 5.74) is 2.31. The largest absolute Gasteiger partial charge is 0.484 e. The van der Waals surface area contributed by atoms with Crippen molar-refractivity contribution < 1.29 is 24.2 Å². The predicted octanol–water partition coefficient (Wildman–Crippen LogP) is 2.68. The Morgan fingerprint density at radius 3 is 2.57 bits per heavy atom. The molecule has 1 heterocycles. The zero-order chi connectivity index (χ0) is 19.9. The van der Waals surface area contributed by atoms with Crippen LogP contribution in [0.15, 0.2) is 47.5 Å². The van der Waals surface area contributed by atoms with Gasteiger partial charge >= 0.3 is 5.97 Å². The van der Waals surface area contributed by atoms with Crippen LogP contribution in [-0.2, 0) is 9.53 Å². The summed E-state index contributed by atoms with van der Waals surface area (Å²) in [6, 6.07) is 12.2. The molecule has 0 spiro atoms. The van der Waals surface area contributed by atoms with Crippen molar-refractivity contribution in [2.45, 2.75) is 6.92 Å². The maximum absolute atomic E-state index is 12.1. The van der Waals surface area contributed by atoms with Crippen LogP contribution in [0.5, 0.6) is 5.75 Å². The van der Waals surface area contributed by atoms with Crippen LogP contribution in [0.1, 0.15) is 21.5 Å². The number of aliphatic imine (C=N–C) groups is 1. The number of benzene rings is 2. The number of rotatable bonds is 6. The van der Waals surface area contributed by atoms with E-state index in [9.17, 15) is 14.7 Å². The number of amides is 1. The molecule has 1 aliphatic rings. The number of hydrogen-bond donors (Lipinski definition) is 1. The summed E-state index contributed by atoms with van der Waals surface area (Å²) in [7, 11) is 0. The van der Waals surface area contributed by atoms with Gasteiger partial charge in [0.1, 0.15) is 5.75 Å². The first kappa shape index (κ1) is 19.6. The van der Waals surface area contributed by atoms with E-state index in [0.717, 1.165) is 5.56 Å². The van der Waals surface area contributed by atoms with Gasteiger partial charge in [-0.2, -0.15) is 0 Å². The molecule has 0 bridgehead atoms. The monoisotopic (exact) mass is 382 g/mol. The smallest absolute Gasteiger partial charge is 0.336 e. The molecule has 1 amide bonds. The predicted molar refractivity (Wildman–Crippen MR) is 105 cm³/mol. The lowest BCUT2D eigenvalue weighted by molar-refractivity contribution is -0.137. The van der Waals surface area contributed by atoms with Crippen LogP contribution in [-0.4, -0.2) is 61.0 Å². The van der Waals surface area contributed by atoms with Gasteiger partial charge in [-0.1, -0.05) is 6.07 Å². The first-order valence-corrected chi connectivity index (χ1v) is 9.00. The molecule has 0 aliphatic carbocycles. The highest BCUT2D eigenvalue weighted by atomic mass is 16.5. The second kappa shape index (κ2) is 9.14. The van der Waals surface area contributed by atoms with Gasteiger partial charge in [-0.25, -0.2) is 4.79 Å². The van der Waals surface area contributed by atoms with E-state index in [1.807, 2.05) is 12.1 Å². The Hall–Kier alpha value is -3.19. The molecule has 2 aromatic rings. The van der Waals surface area contributed by atoms with E-state index in [4.69, 9.17) is 9.47 Å². The molecule has 0 radical (unpaired) electrons. The number of hydrogen-bond acceptors (Lipinski definition) is 5. The van der Waals surface area contributed by atoms with Crippen LogP contribution in [0.25, 0.3) is 0 Å². The van der Waals surface area contributed by atoms with Gasteiger partial charge in [-0.3, -0.25) is 9.79 Å². The Balaban J connectivity index is 1.58. The van der Waals surface area contributed by atoms with Gasteiger partial charge in [0.2, 0.25) is 0 Å². The first-order chi connectivity index (χ1) is 13.5. The van der Waals surface area contributed by atoms with Crippen LogP contribution in [0.2, 0.25) is 0 Å². The van der Waals surface area contributed by atoms with E-state index in [1.165, 1.54) is 0 Å². The molecule has 1 fully saturated rings. The summed E-state index contributed by atoms with van der Waals surface area (Å²) < 4.78 is 10.8. The molecular weight excluding hydrogens is 360 g/mol. The van der Waals surface area contributed by atoms with Crippen molar-refractivity contribution >= 4 is 23.8 Å². The van der Waals surface area contributed by atoms with Gasteiger partial charge in [0.15, 0.2) is 6.61 Å². The lowest BCUT2D eigenvalue weighted by atomic mass is 10.1. The molecule has 7 nitrogen and oxygen atoms in total. The highest BCUT2D eigenvalue weighted by Crippen LogP contribution is 2.22. The van der Waals surface area contributed by atoms with Gasteiger partial charge in [0, 0.05) is 19.3 Å². The third-order valence-electron chi connectivity index (χ3n) is 4.49. The van der Waals surface area contributed by atoms with Crippen molar-refractivity contribution in [3.63, 3.8) is 0 Å². The van der Waals surface area contributed by atoms with E-state index in [1.54, 1.807) is 48.4 Å². The molecule has 3 rings (SSSR count). The van der Waals surface area contributed by atoms with E-state index < -0.39 is 5.97 Å². The molecule has 0 unspecified atom stereocenters. The third kappa shape index (κ3) is 4.95. The fourth-order valence-electron chi connectivity index (χ4n) is 2.84. The number of carboxylic acids is 1. The average Bonchev–Trinajstić information content (AvgIpc) is 2.72. The summed E-state index contributed by atoms with van der Waals surface area (Å²) >= 11 is 0. The normalized spacial score (nSPS) is 14.2. The lowest BCUT2D eigenvalue weighted by Gasteiger charge is -2.26. The highest BCUT2D eigenvalue weighted by molar-refractivity contribution is 5.91. The Bertz CT molecular complexity index is 871. The van der Waals surface area contributed by atoms with Crippen LogP contribution >= 0.6 is 0 Å². The molecule has 0 aromatic heterocycles. The zero-order valence-corrected chi connectivity index (χ0v) is 15.6. The summed E-state index contributed by atoms with van der Waals surface area (Å²) in [5.74, 6) is -0.423. The standard InChI is InChI=1S/C21H22N2O5/c1-15-18(21(25)26)3-2-4-19(15)22-13-16-5-7-17(8-6-16)28-14-20(24)23-9-11-27-12-10-23/h2-8,13H,9-12,14H2,1H3,(H,25,26). The number of carboxylic acid groups (broad SMARTS) is 1. The average molecular weight is 382 g/mol. The quantitative estimate of drug-likeness (QED) is 0.776. The van der Waals surface area contributed by atoms with Crippen molar-refractivity contribution in [2.75, 3.05) is 32.9 Å². The van der Waals surface area contributed by atoms with Crippen LogP contribution < -0.4 is 4.74 Å². The van der Waals surface area contributed by atoms with Gasteiger partial charge in [-0.15, -0.1) is 0 Å². The van der Waals surface area contributed by atoms with Crippen molar-refractivity contribution in [1.29, 1.82) is 0 Å². The minimum Gasteiger partial charge on any atom is -0.484 e. The van der Waals surface area contributed by atoms with E-state index in [0.29, 0.717) is 43.3 Å². The number of aromatic carboxylic acids is 1. The molecule has 1 N–H and O–H groups in total. The molecule has 1 saturated heterocycles. The van der Waals surface area contributed by atoms with Gasteiger partial charge < -0.3 is 19.5 Å². The van der Waals surface area contributed by atoms with E-state index in [2.05, 4.69) is 4.99 Å². The van der Waals surface area contributed by atoms with Crippen molar-refractivity contribution in [3.05, 3.63) is 59.2 Å². The SMILES string of the molecule is Cc1c(N=Cc2ccc(OCC(=O)N3CCOCC3)cc2)cccc1C(=O)O. The lowest BCUT2D eigenvalue weighted by Crippen LogP contribution is -2.42. The zero-order valence-electron chi connectivity index (χ0n) is 15.6. The Morgan fingerprint density at radius 1 is 1.18 bits per heavy atom. The van der Waals surface area contributed by atoms with Crippen LogP contribution in [0.4, 0.5) is 5.69 Å². The highest BCUT2D eigenvalue weighted by Gasteiger charge is 2.17. The summed E-state index contributed by atoms with van der Waals surface area (Å²) in [4.78, 5) is 29.4. The van der Waals surface area contributed by atoms with Gasteiger partial charge in [0.25, 0.3) is 5.91 Å². The van der Waals surface area contributed by atoms with Crippen LogP contribution in [0.3, 0.4) is 0 Å². The molecular formula is C21H22N2O5. The summed E-state index contributed by atoms with van der Waals surface area (Å²) in [5, 5.41) is 9.18. The number of carbonyl (C=O) groups is 2. The van der Waals surface area contributed by atoms with E-state index in [-0.39, 0.29) is 18.1 Å². The van der Waals surface area contributed by atoms with Crippen molar-refractivity contribution in [1.82, 2.24) is 4.90 Å². The molecule has 146 valence electrons. The molecule has 28 heavy (non-hydrogen) atoms. The minimum absolute atomic E-state index is 0.00535. The van der Waals surface area contributed by atoms with E-state index >= 15 is 0 Å². The second-order valence-electron chi connectivity index (χ2n) is 6.36. The van der Waals surface area contributed by atoms with Crippen molar-refractivity contribution in [2.24, 2.45) is 4.99 Å². The molecule has 7 heteroatoms. The number of ether oxygens (including phenoxy) is 2. The van der Waals surface area contributed by atoms with Crippen LogP contribution in [0, 0.1) is 6.92 Å². The first-order valence-electron chi connectivity index (χ1n) is 9.00. The summed E-state index contributed by atoms with van der Waals surface area (Å²) in [6.45, 7) is 4.05. The fourth-order valence-corrected chi connectivity index (χ4v) is 2.84. The molecule has 0 saturated carbocycles. The maximum Gasteiger partial charge on any atom is 0.336 e. The molecule has 0 atom stereocenters. The Kier molecular flexibility index (Phi) is 6.39.